The molecule has 7 nitrogen and oxygen atoms in total. The van der Waals surface area contributed by atoms with Gasteiger partial charge in [-0.3, -0.25) is 9.36 Å². The quantitative estimate of drug-likeness (QED) is 0.768. The van der Waals surface area contributed by atoms with E-state index in [4.69, 9.17) is 9.47 Å². The van der Waals surface area contributed by atoms with Crippen molar-refractivity contribution in [3.05, 3.63) is 27.1 Å². The van der Waals surface area contributed by atoms with E-state index in [2.05, 4.69) is 4.98 Å². The van der Waals surface area contributed by atoms with Crippen molar-refractivity contribution in [2.75, 3.05) is 7.11 Å². The number of nitrogens with zero attached hydrogens (tertiary/aromatic N) is 2. The van der Waals surface area contributed by atoms with Crippen LogP contribution in [-0.4, -0.2) is 34.7 Å². The number of rotatable bonds is 5. The minimum absolute atomic E-state index is 0.221. The van der Waals surface area contributed by atoms with E-state index in [1.165, 1.54) is 18.0 Å². The summed E-state index contributed by atoms with van der Waals surface area (Å²) in [5.41, 5.74) is 0.133. The van der Waals surface area contributed by atoms with E-state index in [1.807, 2.05) is 6.92 Å². The Labute approximate surface area is 143 Å². The lowest BCUT2D eigenvalue weighted by molar-refractivity contribution is -0.152. The Morgan fingerprint density at radius 3 is 2.62 bits per heavy atom. The zero-order valence-corrected chi connectivity index (χ0v) is 15.1. The molecule has 0 aliphatic rings. The number of carbonyl (C=O) groups excluding carboxylic acids is 2. The number of aromatic nitrogens is 2. The molecular weight excluding hydrogens is 332 g/mol. The lowest BCUT2D eigenvalue weighted by Crippen LogP contribution is -2.31. The maximum atomic E-state index is 12.7. The summed E-state index contributed by atoms with van der Waals surface area (Å²) < 4.78 is 11.2. The lowest BCUT2D eigenvalue weighted by atomic mass is 10.2. The molecule has 2 atom stereocenters. The van der Waals surface area contributed by atoms with Crippen molar-refractivity contribution in [3.8, 4) is 0 Å². The van der Waals surface area contributed by atoms with Crippen molar-refractivity contribution < 1.29 is 19.1 Å². The van der Waals surface area contributed by atoms with E-state index < -0.39 is 18.0 Å². The first-order chi connectivity index (χ1) is 11.3. The van der Waals surface area contributed by atoms with Crippen LogP contribution in [0.2, 0.25) is 0 Å². The van der Waals surface area contributed by atoms with Crippen LogP contribution in [0, 0.1) is 6.92 Å². The highest BCUT2D eigenvalue weighted by Crippen LogP contribution is 2.27. The van der Waals surface area contributed by atoms with Gasteiger partial charge in [0, 0.05) is 0 Å². The highest BCUT2D eigenvalue weighted by molar-refractivity contribution is 7.20. The minimum atomic E-state index is -0.802. The summed E-state index contributed by atoms with van der Waals surface area (Å²) in [6.07, 6.45) is 1.78. The summed E-state index contributed by atoms with van der Waals surface area (Å²) in [5.74, 6) is -1.00. The standard InChI is InChI=1S/C16H20N2O5S/c1-6-8(2)23-15(20)10(4)18-7-17-13-11(14(18)19)9(3)12(24-13)16(21)22-5/h7-8,10H,6H2,1-5H3/t8-,10-/m1/s1. The number of carbonyl (C=O) groups is 2. The Kier molecular flexibility index (Phi) is 5.38. The maximum Gasteiger partial charge on any atom is 0.348 e. The fourth-order valence-electron chi connectivity index (χ4n) is 2.19. The van der Waals surface area contributed by atoms with Crippen molar-refractivity contribution in [1.82, 2.24) is 9.55 Å². The van der Waals surface area contributed by atoms with E-state index in [-0.39, 0.29) is 11.7 Å². The molecule has 2 heterocycles. The van der Waals surface area contributed by atoms with Crippen LogP contribution in [0.1, 0.15) is 48.5 Å². The van der Waals surface area contributed by atoms with Gasteiger partial charge in [0.25, 0.3) is 5.56 Å². The maximum absolute atomic E-state index is 12.7. The smallest absolute Gasteiger partial charge is 0.348 e. The molecule has 0 spiro atoms. The van der Waals surface area contributed by atoms with Crippen LogP contribution in [0.5, 0.6) is 0 Å². The second-order valence-electron chi connectivity index (χ2n) is 5.52. The zero-order valence-electron chi connectivity index (χ0n) is 14.3. The molecule has 24 heavy (non-hydrogen) atoms. The summed E-state index contributed by atoms with van der Waals surface area (Å²) in [7, 11) is 1.28. The number of hydrogen-bond acceptors (Lipinski definition) is 7. The second kappa shape index (κ2) is 7.12. The van der Waals surface area contributed by atoms with Gasteiger partial charge in [-0.1, -0.05) is 6.92 Å². The summed E-state index contributed by atoms with van der Waals surface area (Å²) in [4.78, 5) is 41.7. The first-order valence-corrected chi connectivity index (χ1v) is 8.42. The molecule has 0 fully saturated rings. The van der Waals surface area contributed by atoms with E-state index in [1.54, 1.807) is 20.8 Å². The van der Waals surface area contributed by atoms with E-state index in [0.29, 0.717) is 27.1 Å². The first-order valence-electron chi connectivity index (χ1n) is 7.60. The van der Waals surface area contributed by atoms with Gasteiger partial charge in [-0.2, -0.15) is 0 Å². The predicted octanol–water partition coefficient (Wildman–Crippen LogP) is 2.46. The van der Waals surface area contributed by atoms with Crippen LogP contribution in [0.4, 0.5) is 0 Å². The Balaban J connectivity index is 2.48. The molecule has 0 aliphatic carbocycles. The van der Waals surface area contributed by atoms with E-state index in [0.717, 1.165) is 11.3 Å². The predicted molar refractivity (Wildman–Crippen MR) is 90.5 cm³/mol. The molecular formula is C16H20N2O5S. The lowest BCUT2D eigenvalue weighted by Gasteiger charge is -2.17. The Hall–Kier alpha value is -2.22. The number of esters is 2. The van der Waals surface area contributed by atoms with Gasteiger partial charge in [0.1, 0.15) is 15.7 Å². The molecule has 8 heteroatoms. The van der Waals surface area contributed by atoms with Gasteiger partial charge in [0.2, 0.25) is 0 Å². The fraction of sp³-hybridized carbons (Fsp3) is 0.500. The molecule has 0 bridgehead atoms. The van der Waals surface area contributed by atoms with Crippen LogP contribution < -0.4 is 5.56 Å². The average molecular weight is 352 g/mol. The van der Waals surface area contributed by atoms with Crippen LogP contribution >= 0.6 is 11.3 Å². The van der Waals surface area contributed by atoms with Crippen molar-refractivity contribution in [2.24, 2.45) is 0 Å². The van der Waals surface area contributed by atoms with Crippen LogP contribution in [0.25, 0.3) is 10.2 Å². The van der Waals surface area contributed by atoms with Crippen LogP contribution in [-0.2, 0) is 14.3 Å². The molecule has 0 aliphatic heterocycles. The van der Waals surface area contributed by atoms with Crippen LogP contribution in [0.15, 0.2) is 11.1 Å². The fourth-order valence-corrected chi connectivity index (χ4v) is 3.25. The monoisotopic (exact) mass is 352 g/mol. The van der Waals surface area contributed by atoms with Gasteiger partial charge in [-0.15, -0.1) is 11.3 Å². The molecule has 0 unspecified atom stereocenters. The second-order valence-corrected chi connectivity index (χ2v) is 6.52. The number of ether oxygens (including phenoxy) is 2. The van der Waals surface area contributed by atoms with Gasteiger partial charge in [0.05, 0.1) is 24.9 Å². The van der Waals surface area contributed by atoms with E-state index in [9.17, 15) is 14.4 Å². The highest BCUT2D eigenvalue weighted by Gasteiger charge is 2.24. The minimum Gasteiger partial charge on any atom is -0.465 e. The Bertz CT molecular complexity index is 839. The SMILES string of the molecule is CC[C@@H](C)OC(=O)[C@@H](C)n1cnc2sc(C(=O)OC)c(C)c2c1=O. The molecule has 0 saturated heterocycles. The third-order valence-electron chi connectivity index (χ3n) is 3.90. The molecule has 0 saturated carbocycles. The number of fused-ring (bicyclic) bond motifs is 1. The third kappa shape index (κ3) is 3.19. The number of aryl methyl sites for hydroxylation is 1. The molecule has 2 aromatic heterocycles. The summed E-state index contributed by atoms with van der Waals surface area (Å²) in [6.45, 7) is 6.95. The highest BCUT2D eigenvalue weighted by atomic mass is 32.1. The summed E-state index contributed by atoms with van der Waals surface area (Å²) in [5, 5.41) is 0.325. The largest absolute Gasteiger partial charge is 0.465 e. The molecule has 0 N–H and O–H groups in total. The molecule has 2 rings (SSSR count). The molecule has 0 radical (unpaired) electrons. The van der Waals surface area contributed by atoms with Gasteiger partial charge < -0.3 is 9.47 Å². The molecule has 2 aromatic rings. The Morgan fingerprint density at radius 1 is 1.38 bits per heavy atom. The summed E-state index contributed by atoms with van der Waals surface area (Å²) in [6, 6.07) is -0.802. The molecule has 0 amide bonds. The van der Waals surface area contributed by atoms with Gasteiger partial charge in [-0.25, -0.2) is 14.6 Å². The zero-order chi connectivity index (χ0) is 18.0. The third-order valence-corrected chi connectivity index (χ3v) is 5.08. The van der Waals surface area contributed by atoms with Gasteiger partial charge in [0.15, 0.2) is 0 Å². The van der Waals surface area contributed by atoms with Gasteiger partial charge >= 0.3 is 11.9 Å². The molecule has 0 aromatic carbocycles. The molecule has 130 valence electrons. The van der Waals surface area contributed by atoms with E-state index >= 15 is 0 Å². The van der Waals surface area contributed by atoms with Crippen LogP contribution in [0.3, 0.4) is 0 Å². The van der Waals surface area contributed by atoms with Crippen molar-refractivity contribution in [1.29, 1.82) is 0 Å². The normalized spacial score (nSPS) is 13.5. The number of hydrogen-bond donors (Lipinski definition) is 0. The first kappa shape index (κ1) is 18.1. The van der Waals surface area contributed by atoms with Crippen molar-refractivity contribution >= 4 is 33.5 Å². The van der Waals surface area contributed by atoms with Crippen molar-refractivity contribution in [2.45, 2.75) is 46.3 Å². The Morgan fingerprint density at radius 2 is 2.04 bits per heavy atom. The summed E-state index contributed by atoms with van der Waals surface area (Å²) >= 11 is 1.10. The average Bonchev–Trinajstić information content (AvgIpc) is 2.91. The number of methoxy groups -OCH3 is 1. The number of thiophene rings is 1. The topological polar surface area (TPSA) is 87.5 Å². The van der Waals surface area contributed by atoms with Crippen molar-refractivity contribution in [3.63, 3.8) is 0 Å². The van der Waals surface area contributed by atoms with Gasteiger partial charge in [-0.05, 0) is 32.8 Å².